The Balaban J connectivity index is 1.48. The Hall–Kier alpha value is -3.77. The second-order valence-corrected chi connectivity index (χ2v) is 9.64. The Morgan fingerprint density at radius 3 is 2.57 bits per heavy atom. The smallest absolute Gasteiger partial charge is 0.262 e. The van der Waals surface area contributed by atoms with E-state index < -0.39 is 0 Å². The first-order chi connectivity index (χ1) is 17.0. The maximum absolute atomic E-state index is 14.3. The van der Waals surface area contributed by atoms with E-state index >= 15 is 0 Å². The lowest BCUT2D eigenvalue weighted by Crippen LogP contribution is -2.47. The van der Waals surface area contributed by atoms with Crippen molar-refractivity contribution in [3.8, 4) is 16.9 Å². The Bertz CT molecular complexity index is 1400. The lowest BCUT2D eigenvalue weighted by Gasteiger charge is -2.36. The normalized spacial score (nSPS) is 19.5. The number of para-hydroxylation sites is 1. The number of amides is 1. The number of hydrogen-bond donors (Lipinski definition) is 0. The fraction of sp³-hybridized carbons (Fsp3) is 0.241. The van der Waals surface area contributed by atoms with Crippen LogP contribution in [0.3, 0.4) is 0 Å². The number of likely N-dealkylation sites (tertiary alicyclic amines) is 1. The summed E-state index contributed by atoms with van der Waals surface area (Å²) in [7, 11) is 2.15. The lowest BCUT2D eigenvalue weighted by atomic mass is 9.88. The second-order valence-electron chi connectivity index (χ2n) is 9.64. The molecule has 1 fully saturated rings. The van der Waals surface area contributed by atoms with Crippen LogP contribution >= 0.6 is 0 Å². The molecule has 1 saturated heterocycles. The molecule has 0 bridgehead atoms. The number of aromatic nitrogens is 2. The third-order valence-corrected chi connectivity index (χ3v) is 7.25. The Morgan fingerprint density at radius 2 is 1.80 bits per heavy atom. The van der Waals surface area contributed by atoms with Crippen LogP contribution in [0, 0.1) is 12.7 Å². The third-order valence-electron chi connectivity index (χ3n) is 7.25. The van der Waals surface area contributed by atoms with Crippen molar-refractivity contribution >= 4 is 11.6 Å². The monoisotopic (exact) mass is 466 g/mol. The summed E-state index contributed by atoms with van der Waals surface area (Å²) in [6, 6.07) is 22.4. The summed E-state index contributed by atoms with van der Waals surface area (Å²) in [5.74, 6) is -0.0955. The van der Waals surface area contributed by atoms with Crippen LogP contribution in [0.2, 0.25) is 0 Å². The lowest BCUT2D eigenvalue weighted by molar-refractivity contribution is 0.0965. The molecule has 2 aliphatic rings. The van der Waals surface area contributed by atoms with E-state index in [9.17, 15) is 9.18 Å². The molecule has 35 heavy (non-hydrogen) atoms. The summed E-state index contributed by atoms with van der Waals surface area (Å²) in [5.41, 5.74) is 6.10. The largest absolute Gasteiger partial charge is 0.306 e. The van der Waals surface area contributed by atoms with E-state index in [0.29, 0.717) is 16.8 Å². The van der Waals surface area contributed by atoms with Gasteiger partial charge in [-0.05, 0) is 75.0 Å². The van der Waals surface area contributed by atoms with Gasteiger partial charge in [-0.1, -0.05) is 35.9 Å². The van der Waals surface area contributed by atoms with Crippen molar-refractivity contribution in [1.82, 2.24) is 14.7 Å². The van der Waals surface area contributed by atoms with Crippen molar-refractivity contribution in [2.24, 2.45) is 0 Å². The second kappa shape index (κ2) is 8.47. The van der Waals surface area contributed by atoms with Gasteiger partial charge in [-0.2, -0.15) is 5.10 Å². The van der Waals surface area contributed by atoms with E-state index in [1.807, 2.05) is 41.4 Å². The third kappa shape index (κ3) is 3.74. The fourth-order valence-corrected chi connectivity index (χ4v) is 5.54. The minimum absolute atomic E-state index is 0.0614. The van der Waals surface area contributed by atoms with Gasteiger partial charge in [-0.15, -0.1) is 0 Å². The zero-order valence-electron chi connectivity index (χ0n) is 19.9. The first-order valence-corrected chi connectivity index (χ1v) is 12.0. The number of anilines is 1. The van der Waals surface area contributed by atoms with Crippen LogP contribution in [-0.2, 0) is 0 Å². The number of nitrogens with zero attached hydrogens (tertiary/aromatic N) is 4. The van der Waals surface area contributed by atoms with Gasteiger partial charge in [0.2, 0.25) is 0 Å². The quantitative estimate of drug-likeness (QED) is 0.404. The summed E-state index contributed by atoms with van der Waals surface area (Å²) >= 11 is 0. The molecule has 1 amide bonds. The van der Waals surface area contributed by atoms with Crippen LogP contribution in [0.15, 0.2) is 79.0 Å². The molecule has 3 heterocycles. The number of piperidine rings is 1. The predicted molar refractivity (Wildman–Crippen MR) is 136 cm³/mol. The summed E-state index contributed by atoms with van der Waals surface area (Å²) in [6.45, 7) is 3.98. The molecule has 6 heteroatoms. The van der Waals surface area contributed by atoms with Gasteiger partial charge in [0.05, 0.1) is 11.3 Å². The van der Waals surface area contributed by atoms with Gasteiger partial charge in [0.1, 0.15) is 11.5 Å². The van der Waals surface area contributed by atoms with Crippen LogP contribution in [0.1, 0.15) is 33.8 Å². The minimum Gasteiger partial charge on any atom is -0.306 e. The van der Waals surface area contributed by atoms with Gasteiger partial charge >= 0.3 is 0 Å². The first-order valence-electron chi connectivity index (χ1n) is 12.0. The average molecular weight is 467 g/mol. The van der Waals surface area contributed by atoms with Gasteiger partial charge in [0.25, 0.3) is 5.91 Å². The zero-order chi connectivity index (χ0) is 24.1. The van der Waals surface area contributed by atoms with Gasteiger partial charge < -0.3 is 9.80 Å². The van der Waals surface area contributed by atoms with Crippen molar-refractivity contribution in [2.45, 2.75) is 25.3 Å². The number of fused-ring (bicyclic) bond motifs is 3. The van der Waals surface area contributed by atoms with E-state index in [0.717, 1.165) is 30.9 Å². The predicted octanol–water partition coefficient (Wildman–Crippen LogP) is 5.43. The van der Waals surface area contributed by atoms with Gasteiger partial charge in [-0.3, -0.25) is 4.79 Å². The van der Waals surface area contributed by atoms with Crippen LogP contribution in [0.4, 0.5) is 10.1 Å². The minimum atomic E-state index is -0.317. The fourth-order valence-electron chi connectivity index (χ4n) is 5.54. The number of halogens is 1. The number of benzene rings is 3. The first kappa shape index (κ1) is 21.7. The molecule has 4 aromatic rings. The van der Waals surface area contributed by atoms with Crippen molar-refractivity contribution in [3.05, 3.63) is 102 Å². The van der Waals surface area contributed by atoms with Crippen molar-refractivity contribution < 1.29 is 9.18 Å². The molecular weight excluding hydrogens is 439 g/mol. The molecule has 0 unspecified atom stereocenters. The number of rotatable bonds is 3. The summed E-state index contributed by atoms with van der Waals surface area (Å²) in [4.78, 5) is 18.7. The van der Waals surface area contributed by atoms with Crippen LogP contribution in [-0.4, -0.2) is 46.8 Å². The molecule has 2 aliphatic heterocycles. The van der Waals surface area contributed by atoms with E-state index in [-0.39, 0.29) is 23.7 Å². The molecule has 3 aromatic carbocycles. The van der Waals surface area contributed by atoms with Gasteiger partial charge in [0.15, 0.2) is 0 Å². The van der Waals surface area contributed by atoms with Gasteiger partial charge in [-0.25, -0.2) is 9.07 Å². The summed E-state index contributed by atoms with van der Waals surface area (Å²) in [5, 5.41) is 4.80. The highest BCUT2D eigenvalue weighted by atomic mass is 19.1. The summed E-state index contributed by atoms with van der Waals surface area (Å²) < 4.78 is 15.4. The van der Waals surface area contributed by atoms with Crippen molar-refractivity contribution in [1.29, 1.82) is 0 Å². The molecule has 0 aliphatic carbocycles. The Kier molecular flexibility index (Phi) is 5.26. The van der Waals surface area contributed by atoms with E-state index in [1.54, 1.807) is 16.8 Å². The van der Waals surface area contributed by atoms with E-state index in [4.69, 9.17) is 5.10 Å². The molecule has 5 nitrogen and oxygen atoms in total. The van der Waals surface area contributed by atoms with Crippen molar-refractivity contribution in [3.63, 3.8) is 0 Å². The van der Waals surface area contributed by atoms with Crippen LogP contribution < -0.4 is 4.90 Å². The number of carbonyl (C=O) groups is 1. The number of aryl methyl sites for hydroxylation is 1. The van der Waals surface area contributed by atoms with Crippen LogP contribution in [0.5, 0.6) is 0 Å². The number of likely N-dealkylation sites (N-methyl/N-ethyl adjacent to an activating group) is 1. The molecule has 0 saturated carbocycles. The topological polar surface area (TPSA) is 41.4 Å². The maximum Gasteiger partial charge on any atom is 0.262 e. The highest BCUT2D eigenvalue weighted by Crippen LogP contribution is 2.46. The molecule has 6 rings (SSSR count). The molecule has 0 N–H and O–H groups in total. The van der Waals surface area contributed by atoms with Crippen LogP contribution in [0.25, 0.3) is 16.9 Å². The molecular formula is C29H27FN4O. The zero-order valence-corrected chi connectivity index (χ0v) is 19.9. The molecule has 176 valence electrons. The Morgan fingerprint density at radius 1 is 1.03 bits per heavy atom. The van der Waals surface area contributed by atoms with Gasteiger partial charge in [0, 0.05) is 36.0 Å². The molecule has 0 spiro atoms. The SMILES string of the molecule is Cc1ccc2c(c1)[C@H]1CN(C)CC[C@@H]1N2C(=O)c1cn(-c2ccccc2)nc1-c1ccc(F)cc1. The van der Waals surface area contributed by atoms with Crippen molar-refractivity contribution in [2.75, 3.05) is 25.0 Å². The number of hydrogen-bond acceptors (Lipinski definition) is 3. The Labute approximate surface area is 204 Å². The average Bonchev–Trinajstić information content (AvgIpc) is 3.44. The maximum atomic E-state index is 14.3. The molecule has 2 atom stereocenters. The summed E-state index contributed by atoms with van der Waals surface area (Å²) in [6.07, 6.45) is 2.73. The van der Waals surface area contributed by atoms with E-state index in [2.05, 4.69) is 37.1 Å². The standard InChI is InChI=1S/C29H27FN4O/c1-19-8-13-26-23(16-19)24-17-32(2)15-14-27(24)34(26)29(35)25-18-33(22-6-4-3-5-7-22)31-28(25)20-9-11-21(30)12-10-20/h3-13,16,18,24,27H,14-15,17H2,1-2H3/t24-,27+/m1/s1. The molecule has 0 radical (unpaired) electrons. The highest BCUT2D eigenvalue weighted by molar-refractivity contribution is 6.11. The highest BCUT2D eigenvalue weighted by Gasteiger charge is 2.44. The molecule has 1 aromatic heterocycles. The van der Waals surface area contributed by atoms with E-state index in [1.165, 1.54) is 23.3 Å². The number of carbonyl (C=O) groups excluding carboxylic acids is 1.